The van der Waals surface area contributed by atoms with Crippen molar-refractivity contribution in [1.29, 1.82) is 0 Å². The number of nitrogens with zero attached hydrogens (tertiary/aromatic N) is 2. The first kappa shape index (κ1) is 17.9. The molecule has 5 nitrogen and oxygen atoms in total. The van der Waals surface area contributed by atoms with Gasteiger partial charge in [0, 0.05) is 12.1 Å². The van der Waals surface area contributed by atoms with Gasteiger partial charge in [-0.05, 0) is 30.5 Å². The van der Waals surface area contributed by atoms with Crippen molar-refractivity contribution in [2.75, 3.05) is 51.3 Å². The number of piperidine rings is 1. The van der Waals surface area contributed by atoms with E-state index in [1.54, 1.807) is 0 Å². The number of methoxy groups -OCH3 is 1. The average Bonchev–Trinajstić information content (AvgIpc) is 2.65. The Hall–Kier alpha value is -1.88. The van der Waals surface area contributed by atoms with Crippen molar-refractivity contribution in [2.24, 2.45) is 0 Å². The van der Waals surface area contributed by atoms with E-state index in [0.29, 0.717) is 12.2 Å². The second kappa shape index (κ2) is 8.00. The van der Waals surface area contributed by atoms with Crippen LogP contribution in [0.25, 0.3) is 0 Å². The number of esters is 1. The molecule has 2 aliphatic heterocycles. The van der Waals surface area contributed by atoms with Crippen LogP contribution in [0.15, 0.2) is 24.3 Å². The molecule has 0 amide bonds. The Bertz CT molecular complexity index is 592. The van der Waals surface area contributed by atoms with Crippen molar-refractivity contribution >= 4 is 17.4 Å². The molecule has 5 heteroatoms. The molecule has 25 heavy (non-hydrogen) atoms. The average molecular weight is 345 g/mol. The summed E-state index contributed by atoms with van der Waals surface area (Å²) in [5, 5.41) is 0. The van der Waals surface area contributed by atoms with Gasteiger partial charge in [0.1, 0.15) is 5.78 Å². The zero-order valence-electron chi connectivity index (χ0n) is 15.2. The fourth-order valence-corrected chi connectivity index (χ4v) is 3.97. The highest BCUT2D eigenvalue weighted by atomic mass is 16.5. The molecule has 136 valence electrons. The van der Waals surface area contributed by atoms with E-state index in [1.165, 1.54) is 18.4 Å². The monoisotopic (exact) mass is 345 g/mol. The van der Waals surface area contributed by atoms with Crippen LogP contribution in [0.2, 0.25) is 0 Å². The third-order valence-corrected chi connectivity index (χ3v) is 5.79. The lowest BCUT2D eigenvalue weighted by atomic mass is 10.0. The molecule has 0 radical (unpaired) electrons. The SMILES string of the molecule is COC(=O)CCCc1ccc(N2CC[N+]3(CCC(=O)CC3)CC2)cc1. The number of ether oxygens (including phenoxy) is 1. The fraction of sp³-hybridized carbons (Fsp3) is 0.600. The lowest BCUT2D eigenvalue weighted by Crippen LogP contribution is -2.62. The number of rotatable bonds is 5. The predicted octanol–water partition coefficient (Wildman–Crippen LogP) is 2.18. The Labute approximate surface area is 150 Å². The number of hydrogen-bond acceptors (Lipinski definition) is 4. The molecular formula is C20H29N2O3+. The van der Waals surface area contributed by atoms with Crippen LogP contribution < -0.4 is 4.90 Å². The van der Waals surface area contributed by atoms with E-state index in [2.05, 4.69) is 33.9 Å². The minimum Gasteiger partial charge on any atom is -0.469 e. The van der Waals surface area contributed by atoms with Gasteiger partial charge in [-0.2, -0.15) is 0 Å². The number of benzene rings is 1. The van der Waals surface area contributed by atoms with Crippen molar-refractivity contribution < 1.29 is 18.8 Å². The third kappa shape index (κ3) is 4.60. The number of hydrogen-bond donors (Lipinski definition) is 0. The summed E-state index contributed by atoms with van der Waals surface area (Å²) >= 11 is 0. The van der Waals surface area contributed by atoms with E-state index in [1.807, 2.05) is 0 Å². The van der Waals surface area contributed by atoms with Crippen molar-refractivity contribution in [3.63, 3.8) is 0 Å². The smallest absolute Gasteiger partial charge is 0.305 e. The number of carbonyl (C=O) groups excluding carboxylic acids is 2. The van der Waals surface area contributed by atoms with E-state index < -0.39 is 0 Å². The lowest BCUT2D eigenvalue weighted by Gasteiger charge is -2.47. The molecule has 0 aliphatic carbocycles. The summed E-state index contributed by atoms with van der Waals surface area (Å²) in [5.41, 5.74) is 2.55. The lowest BCUT2D eigenvalue weighted by molar-refractivity contribution is -0.929. The molecule has 2 saturated heterocycles. The number of carbonyl (C=O) groups is 2. The van der Waals surface area contributed by atoms with E-state index >= 15 is 0 Å². The summed E-state index contributed by atoms with van der Waals surface area (Å²) in [7, 11) is 1.43. The second-order valence-corrected chi connectivity index (χ2v) is 7.36. The highest BCUT2D eigenvalue weighted by Crippen LogP contribution is 2.24. The number of quaternary nitrogens is 1. The van der Waals surface area contributed by atoms with Gasteiger partial charge in [-0.25, -0.2) is 0 Å². The van der Waals surface area contributed by atoms with Gasteiger partial charge in [0.2, 0.25) is 0 Å². The summed E-state index contributed by atoms with van der Waals surface area (Å²) < 4.78 is 5.81. The van der Waals surface area contributed by atoms with Crippen LogP contribution in [0.3, 0.4) is 0 Å². The van der Waals surface area contributed by atoms with Gasteiger partial charge >= 0.3 is 5.97 Å². The molecule has 0 atom stereocenters. The summed E-state index contributed by atoms with van der Waals surface area (Å²) in [6, 6.07) is 8.74. The highest BCUT2D eigenvalue weighted by molar-refractivity contribution is 5.79. The van der Waals surface area contributed by atoms with Gasteiger partial charge in [0.15, 0.2) is 0 Å². The van der Waals surface area contributed by atoms with Gasteiger partial charge in [0.05, 0.1) is 59.2 Å². The Balaban J connectivity index is 1.48. The van der Waals surface area contributed by atoms with Crippen LogP contribution in [0.5, 0.6) is 0 Å². The van der Waals surface area contributed by atoms with Gasteiger partial charge in [-0.3, -0.25) is 9.59 Å². The standard InChI is InChI=1S/C20H29N2O3/c1-25-20(24)4-2-3-17-5-7-18(8-6-17)21-11-15-22(16-12-21)13-9-19(23)10-14-22/h5-8H,2-4,9-16H2,1H3/q+1. The van der Waals surface area contributed by atoms with Gasteiger partial charge in [-0.1, -0.05) is 12.1 Å². The van der Waals surface area contributed by atoms with Crippen molar-refractivity contribution in [2.45, 2.75) is 32.1 Å². The predicted molar refractivity (Wildman–Crippen MR) is 97.6 cm³/mol. The molecule has 2 heterocycles. The first-order valence-electron chi connectivity index (χ1n) is 9.38. The maximum absolute atomic E-state index is 11.5. The zero-order chi connectivity index (χ0) is 17.7. The molecule has 2 aliphatic rings. The molecule has 0 bridgehead atoms. The van der Waals surface area contributed by atoms with Crippen LogP contribution in [-0.4, -0.2) is 62.6 Å². The Kier molecular flexibility index (Phi) is 5.74. The first-order valence-corrected chi connectivity index (χ1v) is 9.38. The Morgan fingerprint density at radius 2 is 1.72 bits per heavy atom. The summed E-state index contributed by atoms with van der Waals surface area (Å²) in [6.07, 6.45) is 3.74. The maximum Gasteiger partial charge on any atom is 0.305 e. The molecule has 0 unspecified atom stereocenters. The van der Waals surface area contributed by atoms with Crippen LogP contribution in [0.4, 0.5) is 5.69 Å². The topological polar surface area (TPSA) is 46.6 Å². The number of ketones is 1. The normalized spacial score (nSPS) is 19.9. The number of aryl methyl sites for hydroxylation is 1. The minimum atomic E-state index is -0.138. The van der Waals surface area contributed by atoms with Crippen molar-refractivity contribution in [3.8, 4) is 0 Å². The molecule has 0 saturated carbocycles. The van der Waals surface area contributed by atoms with Crippen LogP contribution in [0.1, 0.15) is 31.2 Å². The van der Waals surface area contributed by atoms with E-state index in [4.69, 9.17) is 0 Å². The first-order chi connectivity index (χ1) is 12.1. The largest absolute Gasteiger partial charge is 0.469 e. The minimum absolute atomic E-state index is 0.138. The molecular weight excluding hydrogens is 316 g/mol. The molecule has 0 N–H and O–H groups in total. The van der Waals surface area contributed by atoms with Crippen molar-refractivity contribution in [3.05, 3.63) is 29.8 Å². The summed E-state index contributed by atoms with van der Waals surface area (Å²) in [4.78, 5) is 25.1. The van der Waals surface area contributed by atoms with Crippen molar-refractivity contribution in [1.82, 2.24) is 0 Å². The van der Waals surface area contributed by atoms with Crippen LogP contribution >= 0.6 is 0 Å². The molecule has 1 aromatic carbocycles. The van der Waals surface area contributed by atoms with Gasteiger partial charge < -0.3 is 14.1 Å². The van der Waals surface area contributed by atoms with E-state index in [-0.39, 0.29) is 5.97 Å². The number of anilines is 1. The molecule has 3 rings (SSSR count). The quantitative estimate of drug-likeness (QED) is 0.606. The summed E-state index contributed by atoms with van der Waals surface area (Å²) in [5.74, 6) is 0.301. The van der Waals surface area contributed by atoms with E-state index in [0.717, 1.165) is 69.4 Å². The third-order valence-electron chi connectivity index (χ3n) is 5.79. The Morgan fingerprint density at radius 3 is 2.32 bits per heavy atom. The molecule has 2 fully saturated rings. The Morgan fingerprint density at radius 1 is 1.08 bits per heavy atom. The van der Waals surface area contributed by atoms with Gasteiger partial charge in [-0.15, -0.1) is 0 Å². The van der Waals surface area contributed by atoms with E-state index in [9.17, 15) is 9.59 Å². The van der Waals surface area contributed by atoms with Gasteiger partial charge in [0.25, 0.3) is 0 Å². The second-order valence-electron chi connectivity index (χ2n) is 7.36. The molecule has 1 aromatic rings. The molecule has 0 aromatic heterocycles. The maximum atomic E-state index is 11.5. The fourth-order valence-electron chi connectivity index (χ4n) is 3.97. The number of Topliss-reactive ketones (excluding diaryl/α,β-unsaturated/α-hetero) is 1. The van der Waals surface area contributed by atoms with Crippen LogP contribution in [-0.2, 0) is 20.7 Å². The molecule has 1 spiro atoms. The summed E-state index contributed by atoms with van der Waals surface area (Å²) in [6.45, 7) is 6.49. The number of piperazine rings is 1. The van der Waals surface area contributed by atoms with Crippen LogP contribution in [0, 0.1) is 0 Å². The highest BCUT2D eigenvalue weighted by Gasteiger charge is 2.36. The zero-order valence-corrected chi connectivity index (χ0v) is 15.2.